The molecule has 0 spiro atoms. The molecule has 2 atom stereocenters. The van der Waals surface area contributed by atoms with Crippen LogP contribution in [-0.2, 0) is 4.79 Å². The largest absolute Gasteiger partial charge is 0.368 e. The maximum atomic E-state index is 11.5. The summed E-state index contributed by atoms with van der Waals surface area (Å²) in [4.78, 5) is 13.8. The van der Waals surface area contributed by atoms with Crippen molar-refractivity contribution in [3.8, 4) is 0 Å². The minimum Gasteiger partial charge on any atom is -0.368 e. The van der Waals surface area contributed by atoms with Gasteiger partial charge in [-0.25, -0.2) is 0 Å². The van der Waals surface area contributed by atoms with Crippen LogP contribution in [0.5, 0.6) is 0 Å². The first-order valence-electron chi connectivity index (χ1n) is 6.24. The van der Waals surface area contributed by atoms with Crippen LogP contribution in [0.3, 0.4) is 0 Å². The van der Waals surface area contributed by atoms with Crippen molar-refractivity contribution in [3.05, 3.63) is 22.7 Å². The Morgan fingerprint density at radius 3 is 2.94 bits per heavy atom. The highest BCUT2D eigenvalue weighted by Gasteiger charge is 2.30. The number of halogens is 1. The summed E-state index contributed by atoms with van der Waals surface area (Å²) in [5, 5.41) is 3.48. The van der Waals surface area contributed by atoms with Crippen molar-refractivity contribution in [3.63, 3.8) is 0 Å². The SMILES string of the molecule is CC1CCCN1c1cc2c(cc1Cl)C(N)C(=O)N2. The van der Waals surface area contributed by atoms with Crippen molar-refractivity contribution in [2.45, 2.75) is 31.8 Å². The van der Waals surface area contributed by atoms with Gasteiger partial charge in [-0.2, -0.15) is 0 Å². The van der Waals surface area contributed by atoms with E-state index in [1.54, 1.807) is 0 Å². The van der Waals surface area contributed by atoms with E-state index in [1.807, 2.05) is 12.1 Å². The number of hydrogen-bond acceptors (Lipinski definition) is 3. The van der Waals surface area contributed by atoms with Gasteiger partial charge in [-0.1, -0.05) is 11.6 Å². The molecule has 2 aliphatic heterocycles. The maximum absolute atomic E-state index is 11.5. The normalized spacial score (nSPS) is 26.4. The van der Waals surface area contributed by atoms with Gasteiger partial charge in [0, 0.05) is 23.8 Å². The molecule has 2 aliphatic rings. The molecule has 96 valence electrons. The molecule has 0 bridgehead atoms. The summed E-state index contributed by atoms with van der Waals surface area (Å²) in [6, 6.07) is 3.67. The molecule has 1 fully saturated rings. The first-order chi connectivity index (χ1) is 8.58. The molecule has 4 nitrogen and oxygen atoms in total. The average Bonchev–Trinajstić information content (AvgIpc) is 2.86. The Labute approximate surface area is 111 Å². The third-order valence-corrected chi connectivity index (χ3v) is 4.16. The van der Waals surface area contributed by atoms with E-state index in [-0.39, 0.29) is 5.91 Å². The summed E-state index contributed by atoms with van der Waals surface area (Å²) in [6.45, 7) is 3.21. The van der Waals surface area contributed by atoms with Crippen molar-refractivity contribution < 1.29 is 4.79 Å². The minimum atomic E-state index is -0.595. The zero-order chi connectivity index (χ0) is 12.9. The van der Waals surface area contributed by atoms with Crippen LogP contribution in [0.1, 0.15) is 31.4 Å². The van der Waals surface area contributed by atoms with Gasteiger partial charge in [-0.05, 0) is 31.9 Å². The lowest BCUT2D eigenvalue weighted by Crippen LogP contribution is -2.26. The van der Waals surface area contributed by atoms with Gasteiger partial charge in [0.25, 0.3) is 0 Å². The van der Waals surface area contributed by atoms with Gasteiger partial charge in [0.15, 0.2) is 0 Å². The molecule has 2 unspecified atom stereocenters. The number of benzene rings is 1. The molecule has 2 heterocycles. The number of anilines is 2. The van der Waals surface area contributed by atoms with Gasteiger partial charge >= 0.3 is 0 Å². The molecule has 0 aliphatic carbocycles. The maximum Gasteiger partial charge on any atom is 0.245 e. The Hall–Kier alpha value is -1.26. The van der Waals surface area contributed by atoms with Crippen molar-refractivity contribution in [1.29, 1.82) is 0 Å². The van der Waals surface area contributed by atoms with Crippen LogP contribution in [-0.4, -0.2) is 18.5 Å². The second-order valence-electron chi connectivity index (χ2n) is 5.04. The highest BCUT2D eigenvalue weighted by atomic mass is 35.5. The van der Waals surface area contributed by atoms with E-state index < -0.39 is 6.04 Å². The van der Waals surface area contributed by atoms with Gasteiger partial charge < -0.3 is 16.0 Å². The fourth-order valence-corrected chi connectivity index (χ4v) is 3.09. The van der Waals surface area contributed by atoms with E-state index in [4.69, 9.17) is 17.3 Å². The fraction of sp³-hybridized carbons (Fsp3) is 0.462. The Bertz CT molecular complexity index is 517. The van der Waals surface area contributed by atoms with Gasteiger partial charge in [0.1, 0.15) is 6.04 Å². The number of carbonyl (C=O) groups excluding carboxylic acids is 1. The summed E-state index contributed by atoms with van der Waals surface area (Å²) < 4.78 is 0. The second kappa shape index (κ2) is 4.14. The lowest BCUT2D eigenvalue weighted by molar-refractivity contribution is -0.116. The van der Waals surface area contributed by atoms with Crippen LogP contribution >= 0.6 is 11.6 Å². The summed E-state index contributed by atoms with van der Waals surface area (Å²) in [7, 11) is 0. The number of amides is 1. The molecule has 1 aromatic carbocycles. The standard InChI is InChI=1S/C13H16ClN3O/c1-7-3-2-4-17(7)11-6-10-8(5-9(11)14)12(15)13(18)16-10/h5-7,12H,2-4,15H2,1H3,(H,16,18). The molecular weight excluding hydrogens is 250 g/mol. The van der Waals surface area contributed by atoms with Gasteiger partial charge in [0.05, 0.1) is 10.7 Å². The number of nitrogens with one attached hydrogen (secondary N) is 1. The molecule has 0 radical (unpaired) electrons. The van der Waals surface area contributed by atoms with Crippen LogP contribution in [0.15, 0.2) is 12.1 Å². The summed E-state index contributed by atoms with van der Waals surface area (Å²) >= 11 is 6.33. The molecule has 1 amide bonds. The molecule has 3 N–H and O–H groups in total. The van der Waals surface area contributed by atoms with Gasteiger partial charge in [-0.3, -0.25) is 4.79 Å². The molecule has 1 saturated heterocycles. The Kier molecular flexibility index (Phi) is 2.72. The van der Waals surface area contributed by atoms with E-state index >= 15 is 0 Å². The van der Waals surface area contributed by atoms with Gasteiger partial charge in [0.2, 0.25) is 5.91 Å². The van der Waals surface area contributed by atoms with E-state index in [0.29, 0.717) is 11.1 Å². The van der Waals surface area contributed by atoms with Crippen LogP contribution < -0.4 is 16.0 Å². The average molecular weight is 266 g/mol. The second-order valence-corrected chi connectivity index (χ2v) is 5.45. The number of fused-ring (bicyclic) bond motifs is 1. The molecule has 18 heavy (non-hydrogen) atoms. The van der Waals surface area contributed by atoms with Crippen LogP contribution in [0.4, 0.5) is 11.4 Å². The Balaban J connectivity index is 2.03. The Morgan fingerprint density at radius 1 is 1.50 bits per heavy atom. The van der Waals surface area contributed by atoms with Crippen LogP contribution in [0.25, 0.3) is 0 Å². The molecule has 0 aromatic heterocycles. The highest BCUT2D eigenvalue weighted by Crippen LogP contribution is 2.40. The smallest absolute Gasteiger partial charge is 0.245 e. The molecule has 3 rings (SSSR count). The third-order valence-electron chi connectivity index (χ3n) is 3.86. The van der Waals surface area contributed by atoms with Crippen molar-refractivity contribution in [1.82, 2.24) is 0 Å². The van der Waals surface area contributed by atoms with Crippen LogP contribution in [0, 0.1) is 0 Å². The number of hydrogen-bond donors (Lipinski definition) is 2. The van der Waals surface area contributed by atoms with Crippen LogP contribution in [0.2, 0.25) is 5.02 Å². The summed E-state index contributed by atoms with van der Waals surface area (Å²) in [6.07, 6.45) is 2.36. The monoisotopic (exact) mass is 265 g/mol. The van der Waals surface area contributed by atoms with Crippen molar-refractivity contribution >= 4 is 28.9 Å². The third kappa shape index (κ3) is 1.68. The van der Waals surface area contributed by atoms with E-state index in [2.05, 4.69) is 17.1 Å². The molecular formula is C13H16ClN3O. The number of nitrogens with two attached hydrogens (primary N) is 1. The van der Waals surface area contributed by atoms with E-state index in [1.165, 1.54) is 12.8 Å². The van der Waals surface area contributed by atoms with E-state index in [0.717, 1.165) is 23.5 Å². The zero-order valence-electron chi connectivity index (χ0n) is 10.2. The minimum absolute atomic E-state index is 0.160. The quantitative estimate of drug-likeness (QED) is 0.819. The number of carbonyl (C=O) groups is 1. The lowest BCUT2D eigenvalue weighted by Gasteiger charge is -2.25. The predicted molar refractivity (Wildman–Crippen MR) is 73.1 cm³/mol. The summed E-state index contributed by atoms with van der Waals surface area (Å²) in [5.74, 6) is -0.160. The fourth-order valence-electron chi connectivity index (χ4n) is 2.81. The molecule has 5 heteroatoms. The highest BCUT2D eigenvalue weighted by molar-refractivity contribution is 6.33. The van der Waals surface area contributed by atoms with Crippen molar-refractivity contribution in [2.24, 2.45) is 5.73 Å². The summed E-state index contributed by atoms with van der Waals surface area (Å²) in [5.41, 5.74) is 8.39. The van der Waals surface area contributed by atoms with Gasteiger partial charge in [-0.15, -0.1) is 0 Å². The zero-order valence-corrected chi connectivity index (χ0v) is 11.0. The Morgan fingerprint density at radius 2 is 2.28 bits per heavy atom. The molecule has 1 aromatic rings. The first kappa shape index (κ1) is 11.8. The van der Waals surface area contributed by atoms with E-state index in [9.17, 15) is 4.79 Å². The topological polar surface area (TPSA) is 58.4 Å². The lowest BCUT2D eigenvalue weighted by atomic mass is 10.1. The number of nitrogens with zero attached hydrogens (tertiary/aromatic N) is 1. The number of rotatable bonds is 1. The first-order valence-corrected chi connectivity index (χ1v) is 6.62. The predicted octanol–water partition coefficient (Wildman–Crippen LogP) is 2.28. The molecule has 0 saturated carbocycles. The van der Waals surface area contributed by atoms with Crippen molar-refractivity contribution in [2.75, 3.05) is 16.8 Å².